The van der Waals surface area contributed by atoms with Gasteiger partial charge in [-0.3, -0.25) is 0 Å². The van der Waals surface area contributed by atoms with Gasteiger partial charge in [-0.1, -0.05) is 23.7 Å². The first-order valence-corrected chi connectivity index (χ1v) is 11.7. The Hall–Kier alpha value is -3.23. The lowest BCUT2D eigenvalue weighted by molar-refractivity contribution is -0.137. The molecule has 35 heavy (non-hydrogen) atoms. The van der Waals surface area contributed by atoms with Gasteiger partial charge in [0.25, 0.3) is 0 Å². The van der Waals surface area contributed by atoms with Gasteiger partial charge in [-0.2, -0.15) is 13.2 Å². The quantitative estimate of drug-likeness (QED) is 0.283. The lowest BCUT2D eigenvalue weighted by Crippen LogP contribution is -2.42. The number of hydrogen-bond donors (Lipinski definition) is 2. The van der Waals surface area contributed by atoms with E-state index in [4.69, 9.17) is 28.6 Å². The molecule has 2 N–H and O–H groups in total. The molecule has 4 aromatic rings. The average molecular weight is 516 g/mol. The van der Waals surface area contributed by atoms with Crippen LogP contribution in [-0.2, 0) is 12.6 Å². The zero-order valence-corrected chi connectivity index (χ0v) is 20.2. The van der Waals surface area contributed by atoms with Crippen molar-refractivity contribution < 1.29 is 17.9 Å². The Morgan fingerprint density at radius 3 is 2.46 bits per heavy atom. The molecule has 0 aliphatic carbocycles. The number of fused-ring (bicyclic) bond motifs is 3. The number of alkyl halides is 3. The third-order valence-corrected chi connectivity index (χ3v) is 6.82. The number of methoxy groups -OCH3 is 1. The van der Waals surface area contributed by atoms with E-state index in [-0.39, 0.29) is 6.04 Å². The van der Waals surface area contributed by atoms with E-state index in [1.807, 2.05) is 47.4 Å². The minimum absolute atomic E-state index is 0.231. The fourth-order valence-corrected chi connectivity index (χ4v) is 5.04. The van der Waals surface area contributed by atoms with E-state index in [9.17, 15) is 13.2 Å². The zero-order chi connectivity index (χ0) is 24.7. The van der Waals surface area contributed by atoms with Crippen LogP contribution < -0.4 is 10.1 Å². The molecule has 1 aliphatic rings. The summed E-state index contributed by atoms with van der Waals surface area (Å²) >= 11 is 12.0. The SMILES string of the molecule is COc1ccc(C2c3[nH]c4ccc(Cl)cc4c3CCN2C(=S)Nc2ccc(C(F)(F)F)cc2)cc1. The lowest BCUT2D eigenvalue weighted by Gasteiger charge is -2.38. The summed E-state index contributed by atoms with van der Waals surface area (Å²) in [5.74, 6) is 0.741. The van der Waals surface area contributed by atoms with Crippen molar-refractivity contribution in [2.24, 2.45) is 0 Å². The molecule has 0 radical (unpaired) electrons. The second kappa shape index (κ2) is 9.09. The Labute approximate surface area is 210 Å². The van der Waals surface area contributed by atoms with Crippen molar-refractivity contribution in [1.29, 1.82) is 0 Å². The molecule has 5 rings (SSSR count). The number of halogens is 4. The molecule has 180 valence electrons. The molecule has 0 bridgehead atoms. The molecule has 0 saturated heterocycles. The van der Waals surface area contributed by atoms with Crippen LogP contribution in [0.3, 0.4) is 0 Å². The van der Waals surface area contributed by atoms with E-state index < -0.39 is 11.7 Å². The minimum Gasteiger partial charge on any atom is -0.497 e. The summed E-state index contributed by atoms with van der Waals surface area (Å²) in [6.45, 7) is 0.621. The molecule has 3 aromatic carbocycles. The van der Waals surface area contributed by atoms with E-state index in [0.29, 0.717) is 22.4 Å². The van der Waals surface area contributed by atoms with Crippen molar-refractivity contribution in [2.45, 2.75) is 18.6 Å². The molecular formula is C26H21ClF3N3OS. The van der Waals surface area contributed by atoms with Gasteiger partial charge in [0.2, 0.25) is 0 Å². The number of anilines is 1. The van der Waals surface area contributed by atoms with Crippen LogP contribution in [0.2, 0.25) is 5.02 Å². The van der Waals surface area contributed by atoms with Gasteiger partial charge in [0.15, 0.2) is 5.11 Å². The first kappa shape index (κ1) is 23.5. The first-order chi connectivity index (χ1) is 16.7. The maximum atomic E-state index is 12.9. The zero-order valence-electron chi connectivity index (χ0n) is 18.6. The van der Waals surface area contributed by atoms with E-state index in [0.717, 1.165) is 46.5 Å². The third kappa shape index (κ3) is 4.56. The van der Waals surface area contributed by atoms with Crippen LogP contribution >= 0.6 is 23.8 Å². The minimum atomic E-state index is -4.39. The summed E-state index contributed by atoms with van der Waals surface area (Å²) in [4.78, 5) is 5.60. The smallest absolute Gasteiger partial charge is 0.416 e. The number of thiocarbonyl (C=S) groups is 1. The molecule has 4 nitrogen and oxygen atoms in total. The Morgan fingerprint density at radius 1 is 1.09 bits per heavy atom. The Kier molecular flexibility index (Phi) is 6.11. The number of aromatic nitrogens is 1. The van der Waals surface area contributed by atoms with Gasteiger partial charge < -0.3 is 19.9 Å². The molecule has 9 heteroatoms. The van der Waals surface area contributed by atoms with Crippen LogP contribution in [0.5, 0.6) is 5.75 Å². The van der Waals surface area contributed by atoms with E-state index in [2.05, 4.69) is 10.3 Å². The Bertz CT molecular complexity index is 1380. The van der Waals surface area contributed by atoms with Crippen molar-refractivity contribution in [3.05, 3.63) is 94.1 Å². The second-order valence-electron chi connectivity index (χ2n) is 8.33. The number of aromatic amines is 1. The van der Waals surface area contributed by atoms with Crippen molar-refractivity contribution >= 4 is 45.5 Å². The average Bonchev–Trinajstić information content (AvgIpc) is 3.21. The van der Waals surface area contributed by atoms with Crippen molar-refractivity contribution in [3.63, 3.8) is 0 Å². The monoisotopic (exact) mass is 515 g/mol. The maximum absolute atomic E-state index is 12.9. The van der Waals surface area contributed by atoms with Gasteiger partial charge in [0.05, 0.1) is 18.7 Å². The lowest BCUT2D eigenvalue weighted by atomic mass is 9.92. The predicted octanol–water partition coefficient (Wildman–Crippen LogP) is 7.19. The molecule has 2 heterocycles. The highest BCUT2D eigenvalue weighted by Crippen LogP contribution is 2.40. The summed E-state index contributed by atoms with van der Waals surface area (Å²) < 4.78 is 44.2. The number of nitrogens with zero attached hydrogens (tertiary/aromatic N) is 1. The van der Waals surface area contributed by atoms with E-state index in [1.165, 1.54) is 17.7 Å². The molecule has 0 spiro atoms. The first-order valence-electron chi connectivity index (χ1n) is 10.9. The predicted molar refractivity (Wildman–Crippen MR) is 136 cm³/mol. The largest absolute Gasteiger partial charge is 0.497 e. The molecule has 0 saturated carbocycles. The van der Waals surface area contributed by atoms with Crippen molar-refractivity contribution in [3.8, 4) is 5.75 Å². The summed E-state index contributed by atoms with van der Waals surface area (Å²) in [5, 5.41) is 5.29. The number of hydrogen-bond acceptors (Lipinski definition) is 2. The van der Waals surface area contributed by atoms with Crippen LogP contribution in [0.1, 0.15) is 28.4 Å². The van der Waals surface area contributed by atoms with Crippen LogP contribution in [0.25, 0.3) is 10.9 Å². The standard InChI is InChI=1S/C26H21ClF3N3OS/c1-34-19-9-2-15(3-10-19)24-23-20(21-14-17(27)6-11-22(21)32-23)12-13-33(24)25(35)31-18-7-4-16(5-8-18)26(28,29)30/h2-11,14,24,32H,12-13H2,1H3,(H,31,35). The summed E-state index contributed by atoms with van der Waals surface area (Å²) in [5.41, 5.74) is 3.96. The highest BCUT2D eigenvalue weighted by Gasteiger charge is 2.34. The van der Waals surface area contributed by atoms with Gasteiger partial charge >= 0.3 is 6.18 Å². The van der Waals surface area contributed by atoms with Gasteiger partial charge in [-0.15, -0.1) is 0 Å². The van der Waals surface area contributed by atoms with Crippen molar-refractivity contribution in [2.75, 3.05) is 19.0 Å². The molecular weight excluding hydrogens is 495 g/mol. The molecule has 0 amide bonds. The third-order valence-electron chi connectivity index (χ3n) is 6.24. The van der Waals surface area contributed by atoms with Crippen LogP contribution in [0.15, 0.2) is 66.7 Å². The number of ether oxygens (including phenoxy) is 1. The summed E-state index contributed by atoms with van der Waals surface area (Å²) in [7, 11) is 1.62. The number of H-pyrrole nitrogens is 1. The van der Waals surface area contributed by atoms with Crippen LogP contribution in [-0.4, -0.2) is 28.7 Å². The topological polar surface area (TPSA) is 40.3 Å². The van der Waals surface area contributed by atoms with Gasteiger partial charge in [-0.05, 0) is 84.4 Å². The summed E-state index contributed by atoms with van der Waals surface area (Å²) in [6.07, 6.45) is -3.66. The fourth-order valence-electron chi connectivity index (χ4n) is 4.55. The highest BCUT2D eigenvalue weighted by atomic mass is 35.5. The molecule has 0 fully saturated rings. The highest BCUT2D eigenvalue weighted by molar-refractivity contribution is 7.80. The van der Waals surface area contributed by atoms with Gasteiger partial charge in [0, 0.05) is 33.9 Å². The molecule has 1 aliphatic heterocycles. The number of nitrogens with one attached hydrogen (secondary N) is 2. The fraction of sp³-hybridized carbons (Fsp3) is 0.192. The summed E-state index contributed by atoms with van der Waals surface area (Å²) in [6, 6.07) is 18.2. The van der Waals surface area contributed by atoms with E-state index >= 15 is 0 Å². The van der Waals surface area contributed by atoms with Crippen molar-refractivity contribution in [1.82, 2.24) is 9.88 Å². The van der Waals surface area contributed by atoms with Gasteiger partial charge in [-0.25, -0.2) is 0 Å². The van der Waals surface area contributed by atoms with E-state index in [1.54, 1.807) is 7.11 Å². The van der Waals surface area contributed by atoms with Crippen LogP contribution in [0.4, 0.5) is 18.9 Å². The molecule has 1 unspecified atom stereocenters. The van der Waals surface area contributed by atoms with Crippen LogP contribution in [0, 0.1) is 0 Å². The molecule has 1 atom stereocenters. The Morgan fingerprint density at radius 2 is 1.80 bits per heavy atom. The number of benzene rings is 3. The maximum Gasteiger partial charge on any atom is 0.416 e. The second-order valence-corrected chi connectivity index (χ2v) is 9.15. The normalized spacial score (nSPS) is 15.7. The Balaban J connectivity index is 1.51. The van der Waals surface area contributed by atoms with Gasteiger partial charge in [0.1, 0.15) is 5.75 Å². The number of rotatable bonds is 3. The molecule has 1 aromatic heterocycles.